The number of carbonyl (C=O) groups is 2. The fourth-order valence-corrected chi connectivity index (χ4v) is 5.03. The number of furan rings is 2. The van der Waals surface area contributed by atoms with E-state index in [-0.39, 0.29) is 35.7 Å². The van der Waals surface area contributed by atoms with Crippen LogP contribution in [0.4, 0.5) is 0 Å². The first kappa shape index (κ1) is 21.7. The van der Waals surface area contributed by atoms with Gasteiger partial charge in [-0.1, -0.05) is 6.07 Å². The zero-order valence-electron chi connectivity index (χ0n) is 16.4. The number of fused-ring (bicyclic) bond motifs is 1. The van der Waals surface area contributed by atoms with Crippen LogP contribution in [0, 0.1) is 0 Å². The van der Waals surface area contributed by atoms with Crippen LogP contribution >= 0.6 is 11.7 Å². The van der Waals surface area contributed by atoms with Crippen LogP contribution < -0.4 is 10.9 Å². The molecule has 2 N–H and O–H groups in total. The zero-order valence-corrected chi connectivity index (χ0v) is 18.1. The van der Waals surface area contributed by atoms with Gasteiger partial charge in [0.1, 0.15) is 21.7 Å². The van der Waals surface area contributed by atoms with Gasteiger partial charge in [-0.05, 0) is 36.4 Å². The van der Waals surface area contributed by atoms with Gasteiger partial charge in [0, 0.05) is 13.0 Å². The van der Waals surface area contributed by atoms with Crippen molar-refractivity contribution in [2.75, 3.05) is 6.54 Å². The van der Waals surface area contributed by atoms with Crippen LogP contribution in [0.5, 0.6) is 0 Å². The van der Waals surface area contributed by atoms with Crippen molar-refractivity contribution >= 4 is 44.6 Å². The van der Waals surface area contributed by atoms with Crippen molar-refractivity contribution in [1.82, 2.24) is 23.9 Å². The molecule has 32 heavy (non-hydrogen) atoms. The first-order chi connectivity index (χ1) is 15.4. The first-order valence-electron chi connectivity index (χ1n) is 9.31. The lowest BCUT2D eigenvalue weighted by molar-refractivity contribution is -0.122. The second-order valence-electron chi connectivity index (χ2n) is 6.54. The number of carbonyl (C=O) groups excluding carboxylic acids is 2. The Morgan fingerprint density at radius 2 is 1.81 bits per heavy atom. The molecule has 3 heterocycles. The van der Waals surface area contributed by atoms with Crippen LogP contribution in [0.15, 0.2) is 68.7 Å². The highest BCUT2D eigenvalue weighted by Gasteiger charge is 2.29. The van der Waals surface area contributed by atoms with E-state index >= 15 is 0 Å². The monoisotopic (exact) mass is 475 g/mol. The van der Waals surface area contributed by atoms with Crippen molar-refractivity contribution in [2.24, 2.45) is 0 Å². The summed E-state index contributed by atoms with van der Waals surface area (Å²) in [7, 11) is -4.04. The normalized spacial score (nSPS) is 11.7. The Labute approximate surface area is 186 Å². The van der Waals surface area contributed by atoms with E-state index in [9.17, 15) is 18.0 Å². The molecule has 3 aromatic heterocycles. The zero-order chi connectivity index (χ0) is 22.6. The molecule has 13 heteroatoms. The highest BCUT2D eigenvalue weighted by atomic mass is 32.2. The van der Waals surface area contributed by atoms with E-state index in [4.69, 9.17) is 8.83 Å². The molecule has 0 unspecified atom stereocenters. The third-order valence-electron chi connectivity index (χ3n) is 4.43. The average molecular weight is 476 g/mol. The number of amides is 2. The van der Waals surface area contributed by atoms with Gasteiger partial charge in [0.2, 0.25) is 15.9 Å². The Hall–Kier alpha value is -3.55. The number of sulfonamides is 1. The molecule has 0 fully saturated rings. The number of hydrazine groups is 1. The van der Waals surface area contributed by atoms with Crippen LogP contribution in [-0.4, -0.2) is 39.8 Å². The van der Waals surface area contributed by atoms with E-state index in [1.165, 1.54) is 30.7 Å². The molecule has 0 bridgehead atoms. The number of aromatic nitrogens is 2. The SMILES string of the molecule is O=C(CCN(Cc1ccco1)S(=O)(=O)c1cccc2nsnc12)NNC(=O)c1ccco1. The van der Waals surface area contributed by atoms with Crippen molar-refractivity contribution in [2.45, 2.75) is 17.9 Å². The van der Waals surface area contributed by atoms with Gasteiger partial charge < -0.3 is 8.83 Å². The summed E-state index contributed by atoms with van der Waals surface area (Å²) in [5.74, 6) is -0.787. The number of nitrogens with zero attached hydrogens (tertiary/aromatic N) is 3. The Morgan fingerprint density at radius 1 is 1.00 bits per heavy atom. The highest BCUT2D eigenvalue weighted by molar-refractivity contribution is 7.89. The van der Waals surface area contributed by atoms with Crippen LogP contribution in [0.3, 0.4) is 0 Å². The molecule has 0 radical (unpaired) electrons. The molecule has 0 saturated heterocycles. The quantitative estimate of drug-likeness (QED) is 0.367. The molecule has 0 spiro atoms. The number of nitrogens with one attached hydrogen (secondary N) is 2. The summed E-state index contributed by atoms with van der Waals surface area (Å²) >= 11 is 0.913. The summed E-state index contributed by atoms with van der Waals surface area (Å²) in [6.07, 6.45) is 2.54. The third-order valence-corrected chi connectivity index (χ3v) is 6.85. The Balaban J connectivity index is 1.49. The smallest absolute Gasteiger partial charge is 0.305 e. The maximum Gasteiger partial charge on any atom is 0.305 e. The summed E-state index contributed by atoms with van der Waals surface area (Å²) in [6.45, 7) is -0.255. The van der Waals surface area contributed by atoms with Crippen molar-refractivity contribution in [1.29, 1.82) is 0 Å². The molecule has 0 saturated carbocycles. The molecule has 0 aliphatic heterocycles. The minimum atomic E-state index is -4.04. The topological polar surface area (TPSA) is 148 Å². The molecule has 1 aromatic carbocycles. The minimum Gasteiger partial charge on any atom is -0.468 e. The van der Waals surface area contributed by atoms with Gasteiger partial charge >= 0.3 is 5.91 Å². The Kier molecular flexibility index (Phi) is 6.30. The van der Waals surface area contributed by atoms with Gasteiger partial charge in [-0.25, -0.2) is 8.42 Å². The van der Waals surface area contributed by atoms with Gasteiger partial charge in [0.15, 0.2) is 5.76 Å². The number of benzene rings is 1. The van der Waals surface area contributed by atoms with Gasteiger partial charge in [-0.15, -0.1) is 0 Å². The second-order valence-corrected chi connectivity index (χ2v) is 8.97. The number of hydrogen-bond acceptors (Lipinski definition) is 9. The molecule has 0 atom stereocenters. The van der Waals surface area contributed by atoms with E-state index < -0.39 is 21.8 Å². The maximum absolute atomic E-state index is 13.4. The predicted molar refractivity (Wildman–Crippen MR) is 113 cm³/mol. The Morgan fingerprint density at radius 3 is 2.56 bits per heavy atom. The highest BCUT2D eigenvalue weighted by Crippen LogP contribution is 2.25. The van der Waals surface area contributed by atoms with Gasteiger partial charge in [0.05, 0.1) is 30.8 Å². The molecule has 0 aliphatic carbocycles. The Bertz CT molecular complexity index is 1320. The number of hydrogen-bond donors (Lipinski definition) is 2. The minimum absolute atomic E-state index is 0.0122. The van der Waals surface area contributed by atoms with Crippen LogP contribution in [0.25, 0.3) is 11.0 Å². The maximum atomic E-state index is 13.4. The lowest BCUT2D eigenvalue weighted by Gasteiger charge is -2.21. The van der Waals surface area contributed by atoms with Crippen LogP contribution in [-0.2, 0) is 21.4 Å². The number of rotatable bonds is 8. The fraction of sp³-hybridized carbons (Fsp3) is 0.158. The lowest BCUT2D eigenvalue weighted by Crippen LogP contribution is -2.43. The standard InChI is InChI=1S/C19H17N5O6S2/c25-17(20-21-19(26)15-6-3-11-30-15)8-9-24(12-13-4-2-10-29-13)32(27,28)16-7-1-5-14-18(16)23-31-22-14/h1-7,10-11H,8-9,12H2,(H,20,25)(H,21,26). The van der Waals surface area contributed by atoms with Gasteiger partial charge in [-0.3, -0.25) is 20.4 Å². The van der Waals surface area contributed by atoms with E-state index in [2.05, 4.69) is 19.6 Å². The lowest BCUT2D eigenvalue weighted by atomic mass is 10.3. The fourth-order valence-electron chi connectivity index (χ4n) is 2.87. The summed E-state index contributed by atoms with van der Waals surface area (Å²) in [5.41, 5.74) is 5.17. The molecule has 11 nitrogen and oxygen atoms in total. The molecular formula is C19H17N5O6S2. The van der Waals surface area contributed by atoms with Crippen molar-refractivity contribution in [3.63, 3.8) is 0 Å². The largest absolute Gasteiger partial charge is 0.468 e. The van der Waals surface area contributed by atoms with E-state index in [1.54, 1.807) is 24.3 Å². The van der Waals surface area contributed by atoms with Crippen molar-refractivity contribution in [3.05, 3.63) is 66.5 Å². The molecule has 2 amide bonds. The first-order valence-corrected chi connectivity index (χ1v) is 11.5. The van der Waals surface area contributed by atoms with Gasteiger partial charge in [0.25, 0.3) is 0 Å². The third kappa shape index (κ3) is 4.69. The molecule has 4 aromatic rings. The summed E-state index contributed by atoms with van der Waals surface area (Å²) in [5, 5.41) is 0. The summed E-state index contributed by atoms with van der Waals surface area (Å²) in [6, 6.07) is 10.9. The summed E-state index contributed by atoms with van der Waals surface area (Å²) < 4.78 is 46.4. The van der Waals surface area contributed by atoms with Crippen molar-refractivity contribution < 1.29 is 26.8 Å². The molecule has 4 rings (SSSR count). The van der Waals surface area contributed by atoms with E-state index in [1.807, 2.05) is 0 Å². The van der Waals surface area contributed by atoms with E-state index in [0.29, 0.717) is 11.3 Å². The van der Waals surface area contributed by atoms with Crippen LogP contribution in [0.1, 0.15) is 22.7 Å². The molecular weight excluding hydrogens is 458 g/mol. The van der Waals surface area contributed by atoms with Crippen LogP contribution in [0.2, 0.25) is 0 Å². The summed E-state index contributed by atoms with van der Waals surface area (Å²) in [4.78, 5) is 24.1. The molecule has 0 aliphatic rings. The van der Waals surface area contributed by atoms with Crippen molar-refractivity contribution in [3.8, 4) is 0 Å². The van der Waals surface area contributed by atoms with Gasteiger partial charge in [-0.2, -0.15) is 13.1 Å². The molecule has 166 valence electrons. The second kappa shape index (κ2) is 9.30. The van der Waals surface area contributed by atoms with E-state index in [0.717, 1.165) is 16.0 Å². The average Bonchev–Trinajstić information content (AvgIpc) is 3.56. The predicted octanol–water partition coefficient (Wildman–Crippen LogP) is 1.92.